The summed E-state index contributed by atoms with van der Waals surface area (Å²) in [7, 11) is -4.08. The summed E-state index contributed by atoms with van der Waals surface area (Å²) in [5.74, 6) is -1.27. The predicted octanol–water partition coefficient (Wildman–Crippen LogP) is 2.09. The fourth-order valence-electron chi connectivity index (χ4n) is 2.08. The van der Waals surface area contributed by atoms with Crippen LogP contribution in [0.5, 0.6) is 0 Å². The number of carbonyl (C=O) groups excluding carboxylic acids is 1. The highest BCUT2D eigenvalue weighted by atomic mass is 32.2. The van der Waals surface area contributed by atoms with Gasteiger partial charge in [0.1, 0.15) is 5.82 Å². The fourth-order valence-corrected chi connectivity index (χ4v) is 2.89. The lowest BCUT2D eigenvalue weighted by atomic mass is 10.1. The maximum atomic E-state index is 13.8. The van der Waals surface area contributed by atoms with Crippen molar-refractivity contribution in [3.8, 4) is 0 Å². The quantitative estimate of drug-likeness (QED) is 0.842. The van der Waals surface area contributed by atoms with E-state index >= 15 is 0 Å². The third kappa shape index (κ3) is 4.50. The molecule has 1 rings (SSSR count). The molecule has 0 aliphatic rings. The normalized spacial score (nSPS) is 13.0. The van der Waals surface area contributed by atoms with Crippen molar-refractivity contribution >= 4 is 15.9 Å². The molecule has 5 nitrogen and oxygen atoms in total. The van der Waals surface area contributed by atoms with Crippen LogP contribution in [0.25, 0.3) is 0 Å². The molecule has 0 saturated heterocycles. The molecule has 0 heterocycles. The van der Waals surface area contributed by atoms with Gasteiger partial charge >= 0.3 is 0 Å². The molecule has 0 spiro atoms. The minimum absolute atomic E-state index is 0.0233. The number of halogens is 1. The van der Waals surface area contributed by atoms with Gasteiger partial charge in [-0.3, -0.25) is 4.79 Å². The van der Waals surface area contributed by atoms with Crippen LogP contribution in [-0.4, -0.2) is 20.4 Å². The van der Waals surface area contributed by atoms with Crippen LogP contribution >= 0.6 is 0 Å². The molecule has 21 heavy (non-hydrogen) atoms. The lowest BCUT2D eigenvalue weighted by Gasteiger charge is -2.16. The second-order valence-electron chi connectivity index (χ2n) is 4.99. The molecule has 3 N–H and O–H groups in total. The minimum atomic E-state index is -4.08. The predicted molar refractivity (Wildman–Crippen MR) is 79.0 cm³/mol. The van der Waals surface area contributed by atoms with Crippen LogP contribution in [0, 0.1) is 12.7 Å². The molecule has 0 aliphatic heterocycles. The van der Waals surface area contributed by atoms with Gasteiger partial charge in [-0.1, -0.05) is 20.3 Å². The number of carbonyl (C=O) groups is 1. The number of hydrogen-bond donors (Lipinski definition) is 2. The monoisotopic (exact) mass is 316 g/mol. The van der Waals surface area contributed by atoms with Gasteiger partial charge in [-0.25, -0.2) is 17.9 Å². The molecule has 7 heteroatoms. The molecule has 0 aromatic heterocycles. The van der Waals surface area contributed by atoms with E-state index in [1.165, 1.54) is 6.92 Å². The van der Waals surface area contributed by atoms with Gasteiger partial charge < -0.3 is 5.32 Å². The number of amides is 1. The fraction of sp³-hybridized carbons (Fsp3) is 0.500. The van der Waals surface area contributed by atoms with Crippen molar-refractivity contribution in [3.05, 3.63) is 29.1 Å². The molecule has 1 aromatic rings. The zero-order chi connectivity index (χ0) is 16.2. The van der Waals surface area contributed by atoms with Crippen molar-refractivity contribution < 1.29 is 17.6 Å². The summed E-state index contributed by atoms with van der Waals surface area (Å²) in [6.07, 6.45) is 2.46. The molecule has 1 amide bonds. The van der Waals surface area contributed by atoms with Crippen molar-refractivity contribution in [1.29, 1.82) is 0 Å². The van der Waals surface area contributed by atoms with E-state index in [-0.39, 0.29) is 22.1 Å². The number of nitrogens with two attached hydrogens (primary N) is 1. The smallest absolute Gasteiger partial charge is 0.251 e. The molecule has 0 saturated carbocycles. The molecule has 118 valence electrons. The lowest BCUT2D eigenvalue weighted by Crippen LogP contribution is -2.34. The van der Waals surface area contributed by atoms with Crippen molar-refractivity contribution in [2.75, 3.05) is 0 Å². The van der Waals surface area contributed by atoms with Crippen LogP contribution < -0.4 is 10.5 Å². The Bertz CT molecular complexity index is 629. The van der Waals surface area contributed by atoms with Crippen LogP contribution in [0.2, 0.25) is 0 Å². The molecule has 0 radical (unpaired) electrons. The van der Waals surface area contributed by atoms with E-state index in [0.29, 0.717) is 0 Å². The first-order chi connectivity index (χ1) is 9.70. The Balaban J connectivity index is 3.14. The first-order valence-corrected chi connectivity index (χ1v) is 8.39. The average molecular weight is 316 g/mol. The summed E-state index contributed by atoms with van der Waals surface area (Å²) in [6, 6.07) is 2.12. The minimum Gasteiger partial charge on any atom is -0.349 e. The van der Waals surface area contributed by atoms with E-state index in [1.807, 2.05) is 13.8 Å². The molecule has 0 aliphatic carbocycles. The third-order valence-electron chi connectivity index (χ3n) is 3.33. The zero-order valence-electron chi connectivity index (χ0n) is 12.4. The Morgan fingerprint density at radius 3 is 2.48 bits per heavy atom. The zero-order valence-corrected chi connectivity index (χ0v) is 13.3. The number of rotatable bonds is 6. The molecule has 1 unspecified atom stereocenters. The van der Waals surface area contributed by atoms with E-state index in [2.05, 4.69) is 5.32 Å². The SMILES string of the molecule is CCCC(CC)NC(=O)c1cc(F)c(C)c(S(N)(=O)=O)c1. The first kappa shape index (κ1) is 17.6. The van der Waals surface area contributed by atoms with Gasteiger partial charge in [0.2, 0.25) is 10.0 Å². The van der Waals surface area contributed by atoms with E-state index in [9.17, 15) is 17.6 Å². The van der Waals surface area contributed by atoms with Crippen molar-refractivity contribution in [2.45, 2.75) is 51.0 Å². The summed E-state index contributed by atoms with van der Waals surface area (Å²) in [5.41, 5.74) is -0.133. The lowest BCUT2D eigenvalue weighted by molar-refractivity contribution is 0.0933. The van der Waals surface area contributed by atoms with Gasteiger partial charge in [-0.2, -0.15) is 0 Å². The van der Waals surface area contributed by atoms with Gasteiger partial charge in [0, 0.05) is 17.2 Å². The number of primary sulfonamides is 1. The Labute approximate surface area is 124 Å². The van der Waals surface area contributed by atoms with Crippen LogP contribution in [0.4, 0.5) is 4.39 Å². The number of benzene rings is 1. The molecule has 1 atom stereocenters. The van der Waals surface area contributed by atoms with Gasteiger partial charge in [0.05, 0.1) is 4.90 Å². The van der Waals surface area contributed by atoms with Gasteiger partial charge in [-0.15, -0.1) is 0 Å². The summed E-state index contributed by atoms with van der Waals surface area (Å²) < 4.78 is 36.7. The molecular weight excluding hydrogens is 295 g/mol. The van der Waals surface area contributed by atoms with Crippen molar-refractivity contribution in [2.24, 2.45) is 5.14 Å². The van der Waals surface area contributed by atoms with Crippen molar-refractivity contribution in [1.82, 2.24) is 5.32 Å². The Kier molecular flexibility index (Phi) is 5.86. The second kappa shape index (κ2) is 7.00. The standard InChI is InChI=1S/C14H21FN2O3S/c1-4-6-11(5-2)17-14(18)10-7-12(15)9(3)13(8-10)21(16,19)20/h7-8,11H,4-6H2,1-3H3,(H,17,18)(H2,16,19,20). The van der Waals surface area contributed by atoms with Gasteiger partial charge in [-0.05, 0) is 31.9 Å². The number of nitrogens with one attached hydrogen (secondary N) is 1. The van der Waals surface area contributed by atoms with Crippen LogP contribution in [0.3, 0.4) is 0 Å². The molecule has 1 aromatic carbocycles. The maximum absolute atomic E-state index is 13.8. The number of hydrogen-bond acceptors (Lipinski definition) is 3. The number of sulfonamides is 1. The van der Waals surface area contributed by atoms with Gasteiger partial charge in [0.15, 0.2) is 0 Å². The molecule has 0 fully saturated rings. The summed E-state index contributed by atoms with van der Waals surface area (Å²) in [5, 5.41) is 7.81. The van der Waals surface area contributed by atoms with Crippen LogP contribution in [0.1, 0.15) is 49.0 Å². The Morgan fingerprint density at radius 2 is 2.00 bits per heavy atom. The summed E-state index contributed by atoms with van der Waals surface area (Å²) >= 11 is 0. The van der Waals surface area contributed by atoms with Crippen LogP contribution in [-0.2, 0) is 10.0 Å². The second-order valence-corrected chi connectivity index (χ2v) is 6.52. The highest BCUT2D eigenvalue weighted by Gasteiger charge is 2.20. The average Bonchev–Trinajstić information content (AvgIpc) is 2.39. The Hall–Kier alpha value is -1.47. The Morgan fingerprint density at radius 1 is 1.38 bits per heavy atom. The van der Waals surface area contributed by atoms with E-state index in [0.717, 1.165) is 31.4 Å². The van der Waals surface area contributed by atoms with Crippen molar-refractivity contribution in [3.63, 3.8) is 0 Å². The molecule has 0 bridgehead atoms. The first-order valence-electron chi connectivity index (χ1n) is 6.84. The third-order valence-corrected chi connectivity index (χ3v) is 4.37. The largest absolute Gasteiger partial charge is 0.349 e. The van der Waals surface area contributed by atoms with Crippen LogP contribution in [0.15, 0.2) is 17.0 Å². The van der Waals surface area contributed by atoms with E-state index in [1.54, 1.807) is 0 Å². The highest BCUT2D eigenvalue weighted by molar-refractivity contribution is 7.89. The van der Waals surface area contributed by atoms with Gasteiger partial charge in [0.25, 0.3) is 5.91 Å². The van der Waals surface area contributed by atoms with E-state index < -0.39 is 21.7 Å². The maximum Gasteiger partial charge on any atom is 0.251 e. The topological polar surface area (TPSA) is 89.3 Å². The van der Waals surface area contributed by atoms with E-state index in [4.69, 9.17) is 5.14 Å². The highest BCUT2D eigenvalue weighted by Crippen LogP contribution is 2.19. The molecular formula is C14H21FN2O3S. The summed E-state index contributed by atoms with van der Waals surface area (Å²) in [4.78, 5) is 11.8. The summed E-state index contributed by atoms with van der Waals surface area (Å²) in [6.45, 7) is 5.24.